The van der Waals surface area contributed by atoms with E-state index < -0.39 is 7.60 Å². The fourth-order valence-corrected chi connectivity index (χ4v) is 7.10. The quantitative estimate of drug-likeness (QED) is 0.476. The average molecular weight is 356 g/mol. The number of rotatable bonds is 7. The first-order chi connectivity index (χ1) is 11.8. The van der Waals surface area contributed by atoms with E-state index in [0.717, 1.165) is 12.8 Å². The SMILES string of the molecule is O=P(OCC1CCCCC1)(OCC1CCCCC1)C1CCCCC1. The summed E-state index contributed by atoms with van der Waals surface area (Å²) >= 11 is 0. The first-order valence-corrected chi connectivity index (χ1v) is 12.3. The molecule has 24 heavy (non-hydrogen) atoms. The Morgan fingerprint density at radius 2 is 0.958 bits per heavy atom. The highest BCUT2D eigenvalue weighted by molar-refractivity contribution is 7.54. The molecular weight excluding hydrogens is 319 g/mol. The lowest BCUT2D eigenvalue weighted by Crippen LogP contribution is -2.22. The maximum Gasteiger partial charge on any atom is 0.333 e. The second kappa shape index (κ2) is 9.74. The van der Waals surface area contributed by atoms with Crippen molar-refractivity contribution >= 4 is 7.60 Å². The van der Waals surface area contributed by atoms with Gasteiger partial charge >= 0.3 is 7.60 Å². The maximum absolute atomic E-state index is 13.6. The minimum Gasteiger partial charge on any atom is -0.308 e. The van der Waals surface area contributed by atoms with Crippen LogP contribution < -0.4 is 0 Å². The maximum atomic E-state index is 13.6. The Morgan fingerprint density at radius 1 is 0.583 bits per heavy atom. The molecule has 0 spiro atoms. The van der Waals surface area contributed by atoms with Crippen LogP contribution in [0.1, 0.15) is 96.3 Å². The van der Waals surface area contributed by atoms with E-state index in [4.69, 9.17) is 9.05 Å². The Morgan fingerprint density at radius 3 is 1.38 bits per heavy atom. The predicted octanol–water partition coefficient (Wildman–Crippen LogP) is 6.71. The van der Waals surface area contributed by atoms with Crippen molar-refractivity contribution in [1.82, 2.24) is 0 Å². The second-order valence-corrected chi connectivity index (χ2v) is 10.8. The zero-order chi connectivity index (χ0) is 16.7. The van der Waals surface area contributed by atoms with Gasteiger partial charge in [-0.15, -0.1) is 0 Å². The fourth-order valence-electron chi connectivity index (χ4n) is 4.77. The summed E-state index contributed by atoms with van der Waals surface area (Å²) in [5.74, 6) is 1.21. The van der Waals surface area contributed by atoms with Crippen molar-refractivity contribution in [1.29, 1.82) is 0 Å². The number of hydrogen-bond acceptors (Lipinski definition) is 3. The largest absolute Gasteiger partial charge is 0.333 e. The van der Waals surface area contributed by atoms with Gasteiger partial charge in [-0.1, -0.05) is 57.8 Å². The Bertz CT molecular complexity index is 368. The Labute approximate surface area is 148 Å². The third-order valence-electron chi connectivity index (χ3n) is 6.45. The molecule has 0 bridgehead atoms. The average Bonchev–Trinajstić information content (AvgIpc) is 2.67. The summed E-state index contributed by atoms with van der Waals surface area (Å²) in [5, 5.41) is 0. The smallest absolute Gasteiger partial charge is 0.308 e. The van der Waals surface area contributed by atoms with Gasteiger partial charge in [-0.3, -0.25) is 4.57 Å². The normalized spacial score (nSPS) is 25.8. The van der Waals surface area contributed by atoms with Crippen molar-refractivity contribution in [3.63, 3.8) is 0 Å². The monoisotopic (exact) mass is 356 g/mol. The van der Waals surface area contributed by atoms with Crippen LogP contribution in [0.3, 0.4) is 0 Å². The lowest BCUT2D eigenvalue weighted by Gasteiger charge is -2.33. The molecule has 0 aliphatic heterocycles. The molecule has 0 heterocycles. The first-order valence-electron chi connectivity index (χ1n) is 10.6. The molecule has 0 radical (unpaired) electrons. The van der Waals surface area contributed by atoms with Gasteiger partial charge in [0.2, 0.25) is 0 Å². The van der Waals surface area contributed by atoms with Crippen molar-refractivity contribution in [3.8, 4) is 0 Å². The fraction of sp³-hybridized carbons (Fsp3) is 1.00. The molecule has 3 aliphatic rings. The van der Waals surface area contributed by atoms with Crippen LogP contribution in [0.25, 0.3) is 0 Å². The summed E-state index contributed by atoms with van der Waals surface area (Å²) in [7, 11) is -2.93. The van der Waals surface area contributed by atoms with Crippen LogP contribution in [-0.2, 0) is 13.6 Å². The lowest BCUT2D eigenvalue weighted by atomic mass is 9.90. The highest BCUT2D eigenvalue weighted by Gasteiger charge is 2.38. The molecule has 0 unspecified atom stereocenters. The van der Waals surface area contributed by atoms with E-state index in [-0.39, 0.29) is 5.66 Å². The molecule has 4 heteroatoms. The van der Waals surface area contributed by atoms with E-state index in [1.807, 2.05) is 0 Å². The topological polar surface area (TPSA) is 35.5 Å². The highest BCUT2D eigenvalue weighted by atomic mass is 31.2. The van der Waals surface area contributed by atoms with Gasteiger partial charge < -0.3 is 9.05 Å². The van der Waals surface area contributed by atoms with Gasteiger partial charge in [-0.05, 0) is 50.4 Å². The molecular formula is C20H37O3P. The Hall–Kier alpha value is 0.150. The predicted molar refractivity (Wildman–Crippen MR) is 99.5 cm³/mol. The zero-order valence-electron chi connectivity index (χ0n) is 15.4. The van der Waals surface area contributed by atoms with Crippen molar-refractivity contribution in [2.45, 2.75) is 102 Å². The molecule has 3 saturated carbocycles. The standard InChI is InChI=1S/C20H37O3P/c21-24(20-14-8-3-9-15-20,22-16-18-10-4-1-5-11-18)23-17-19-12-6-2-7-13-19/h18-20H,1-17H2. The van der Waals surface area contributed by atoms with Gasteiger partial charge in [0, 0.05) is 0 Å². The van der Waals surface area contributed by atoms with Crippen molar-refractivity contribution < 1.29 is 13.6 Å². The molecule has 3 aliphatic carbocycles. The van der Waals surface area contributed by atoms with Crippen LogP contribution in [0.2, 0.25) is 0 Å². The summed E-state index contributed by atoms with van der Waals surface area (Å²) in [5.41, 5.74) is 0.165. The van der Waals surface area contributed by atoms with Crippen molar-refractivity contribution in [3.05, 3.63) is 0 Å². The van der Waals surface area contributed by atoms with Crippen LogP contribution in [0.4, 0.5) is 0 Å². The Balaban J connectivity index is 1.55. The summed E-state index contributed by atoms with van der Waals surface area (Å²) in [6, 6.07) is 0. The van der Waals surface area contributed by atoms with E-state index in [9.17, 15) is 4.57 Å². The number of hydrogen-bond donors (Lipinski definition) is 0. The first kappa shape index (κ1) is 18.9. The summed E-state index contributed by atoms with van der Waals surface area (Å²) < 4.78 is 25.9. The lowest BCUT2D eigenvalue weighted by molar-refractivity contribution is 0.130. The molecule has 140 valence electrons. The summed E-state index contributed by atoms with van der Waals surface area (Å²) in [6.45, 7) is 1.33. The van der Waals surface area contributed by atoms with Gasteiger partial charge in [0.15, 0.2) is 0 Å². The molecule has 0 atom stereocenters. The summed E-state index contributed by atoms with van der Waals surface area (Å²) in [6.07, 6.45) is 18.7. The van der Waals surface area contributed by atoms with Gasteiger partial charge in [0.1, 0.15) is 0 Å². The van der Waals surface area contributed by atoms with Crippen LogP contribution in [0.5, 0.6) is 0 Å². The summed E-state index contributed by atoms with van der Waals surface area (Å²) in [4.78, 5) is 0. The molecule has 0 saturated heterocycles. The third-order valence-corrected chi connectivity index (χ3v) is 8.88. The van der Waals surface area contributed by atoms with Crippen LogP contribution in [0.15, 0.2) is 0 Å². The highest BCUT2D eigenvalue weighted by Crippen LogP contribution is 2.58. The zero-order valence-corrected chi connectivity index (χ0v) is 16.3. The van der Waals surface area contributed by atoms with Crippen LogP contribution in [0, 0.1) is 11.8 Å². The van der Waals surface area contributed by atoms with Crippen LogP contribution in [-0.4, -0.2) is 18.9 Å². The van der Waals surface area contributed by atoms with Crippen molar-refractivity contribution in [2.75, 3.05) is 13.2 Å². The second-order valence-electron chi connectivity index (χ2n) is 8.43. The minimum absolute atomic E-state index is 0.165. The van der Waals surface area contributed by atoms with Crippen LogP contribution >= 0.6 is 7.60 Å². The molecule has 0 aromatic carbocycles. The molecule has 3 rings (SSSR count). The molecule has 0 N–H and O–H groups in total. The van der Waals surface area contributed by atoms with E-state index >= 15 is 0 Å². The van der Waals surface area contributed by atoms with Gasteiger partial charge in [0.05, 0.1) is 18.9 Å². The molecule has 3 fully saturated rings. The van der Waals surface area contributed by atoms with Crippen molar-refractivity contribution in [2.24, 2.45) is 11.8 Å². The third kappa shape index (κ3) is 5.58. The van der Waals surface area contributed by atoms with Gasteiger partial charge in [0.25, 0.3) is 0 Å². The molecule has 0 aromatic rings. The van der Waals surface area contributed by atoms with Gasteiger partial charge in [-0.25, -0.2) is 0 Å². The van der Waals surface area contributed by atoms with Gasteiger partial charge in [-0.2, -0.15) is 0 Å². The van der Waals surface area contributed by atoms with E-state index in [0.29, 0.717) is 25.0 Å². The molecule has 0 amide bonds. The minimum atomic E-state index is -2.93. The van der Waals surface area contributed by atoms with E-state index in [2.05, 4.69) is 0 Å². The Kier molecular flexibility index (Phi) is 7.68. The molecule has 3 nitrogen and oxygen atoms in total. The van der Waals surface area contributed by atoms with E-state index in [1.54, 1.807) is 0 Å². The van der Waals surface area contributed by atoms with E-state index in [1.165, 1.54) is 83.5 Å². The molecule has 0 aromatic heterocycles.